The van der Waals surface area contributed by atoms with Gasteiger partial charge in [-0.3, -0.25) is 14.5 Å². The monoisotopic (exact) mass is 567 g/mol. The maximum Gasteiger partial charge on any atom is 0.316 e. The van der Waals surface area contributed by atoms with Crippen molar-refractivity contribution in [2.75, 3.05) is 56.7 Å². The summed E-state index contributed by atoms with van der Waals surface area (Å²) in [7, 11) is 1.58. The molecule has 0 unspecified atom stereocenters. The highest BCUT2D eigenvalue weighted by Crippen LogP contribution is 2.26. The molecule has 0 radical (unpaired) electrons. The summed E-state index contributed by atoms with van der Waals surface area (Å²) in [6, 6.07) is 7.72. The van der Waals surface area contributed by atoms with Gasteiger partial charge in [0.2, 0.25) is 0 Å². The molecule has 3 aromatic rings. The summed E-state index contributed by atoms with van der Waals surface area (Å²) < 4.78 is 10.9. The molecule has 1 aliphatic rings. The fourth-order valence-corrected chi connectivity index (χ4v) is 5.27. The van der Waals surface area contributed by atoms with Crippen LogP contribution in [0.2, 0.25) is 0 Å². The number of anilines is 2. The number of amides is 2. The number of benzene rings is 1. The van der Waals surface area contributed by atoms with Gasteiger partial charge >= 0.3 is 6.01 Å². The number of hydrogen-bond donors (Lipinski definition) is 2. The van der Waals surface area contributed by atoms with E-state index in [0.29, 0.717) is 36.1 Å². The molecule has 1 saturated heterocycles. The lowest BCUT2D eigenvalue weighted by molar-refractivity contribution is 0.0937. The maximum atomic E-state index is 13.2. The third kappa shape index (κ3) is 7.96. The Balaban J connectivity index is 1.40. The van der Waals surface area contributed by atoms with Crippen LogP contribution in [0.1, 0.15) is 53.1 Å². The Labute approximate surface area is 238 Å². The van der Waals surface area contributed by atoms with Gasteiger partial charge in [0.25, 0.3) is 11.8 Å². The molecular weight excluding hydrogens is 530 g/mol. The molecule has 0 aliphatic carbocycles. The molecule has 2 N–H and O–H groups in total. The van der Waals surface area contributed by atoms with E-state index < -0.39 is 0 Å². The number of methoxy groups -OCH3 is 1. The topological polar surface area (TPSA) is 122 Å². The summed E-state index contributed by atoms with van der Waals surface area (Å²) >= 11 is 1.43. The van der Waals surface area contributed by atoms with Crippen molar-refractivity contribution >= 4 is 34.0 Å². The summed E-state index contributed by atoms with van der Waals surface area (Å²) in [6.07, 6.45) is 4.98. The van der Waals surface area contributed by atoms with E-state index >= 15 is 0 Å². The van der Waals surface area contributed by atoms with Crippen molar-refractivity contribution in [3.63, 3.8) is 0 Å². The van der Waals surface area contributed by atoms with Gasteiger partial charge in [-0.2, -0.15) is 0 Å². The molecular formula is C28H37N7O4S. The number of thiazole rings is 1. The molecule has 1 aromatic carbocycles. The SMILES string of the molecule is CCN(CC)Cc1ccc(NC(=O)c2csc(N3CCC(Oc4ncccn4)CC3)n2)c(C(=O)NCCOC)c1. The average Bonchev–Trinajstić information content (AvgIpc) is 3.48. The highest BCUT2D eigenvalue weighted by Gasteiger charge is 2.24. The van der Waals surface area contributed by atoms with Gasteiger partial charge in [0.15, 0.2) is 5.13 Å². The van der Waals surface area contributed by atoms with Crippen LogP contribution in [-0.4, -0.2) is 84.2 Å². The van der Waals surface area contributed by atoms with Crippen LogP contribution >= 0.6 is 11.3 Å². The van der Waals surface area contributed by atoms with Crippen LogP contribution in [-0.2, 0) is 11.3 Å². The maximum absolute atomic E-state index is 13.2. The third-order valence-electron chi connectivity index (χ3n) is 6.72. The second-order valence-electron chi connectivity index (χ2n) is 9.40. The highest BCUT2D eigenvalue weighted by atomic mass is 32.1. The Kier molecular flexibility index (Phi) is 10.8. The Morgan fingerprint density at radius 1 is 1.12 bits per heavy atom. The summed E-state index contributed by atoms with van der Waals surface area (Å²) in [5.74, 6) is -0.622. The number of aromatic nitrogens is 3. The molecule has 2 amide bonds. The Morgan fingerprint density at radius 3 is 2.58 bits per heavy atom. The first-order valence-electron chi connectivity index (χ1n) is 13.6. The zero-order valence-corrected chi connectivity index (χ0v) is 24.1. The first-order valence-corrected chi connectivity index (χ1v) is 14.5. The lowest BCUT2D eigenvalue weighted by Crippen LogP contribution is -2.38. The molecule has 11 nitrogen and oxygen atoms in total. The fourth-order valence-electron chi connectivity index (χ4n) is 4.41. The standard InChI is InChI=1S/C28H37N7O4S/c1-4-34(5-2)18-20-7-8-23(22(17-20)25(36)29-13-16-38-3)32-26(37)24-19-40-28(33-24)35-14-9-21(10-15-35)39-27-30-11-6-12-31-27/h6-8,11-12,17,19,21H,4-5,9-10,13-16,18H2,1-3H3,(H,29,36)(H,32,37). The van der Waals surface area contributed by atoms with Crippen molar-refractivity contribution in [3.05, 3.63) is 58.9 Å². The molecule has 40 heavy (non-hydrogen) atoms. The lowest BCUT2D eigenvalue weighted by Gasteiger charge is -2.31. The summed E-state index contributed by atoms with van der Waals surface area (Å²) in [5, 5.41) is 8.30. The molecule has 0 saturated carbocycles. The number of nitrogens with zero attached hydrogens (tertiary/aromatic N) is 5. The Bertz CT molecular complexity index is 1240. The number of carbonyl (C=O) groups excluding carboxylic acids is 2. The quantitative estimate of drug-likeness (QED) is 0.299. The van der Waals surface area contributed by atoms with Gasteiger partial charge in [-0.25, -0.2) is 15.0 Å². The van der Waals surface area contributed by atoms with Gasteiger partial charge in [-0.05, 0) is 36.9 Å². The van der Waals surface area contributed by atoms with Crippen LogP contribution in [0.3, 0.4) is 0 Å². The lowest BCUT2D eigenvalue weighted by atomic mass is 10.1. The minimum Gasteiger partial charge on any atom is -0.460 e. The van der Waals surface area contributed by atoms with Crippen LogP contribution in [0.4, 0.5) is 10.8 Å². The first kappa shape index (κ1) is 29.4. The highest BCUT2D eigenvalue weighted by molar-refractivity contribution is 7.14. The molecule has 0 bridgehead atoms. The van der Waals surface area contributed by atoms with Crippen LogP contribution < -0.4 is 20.3 Å². The zero-order chi connectivity index (χ0) is 28.3. The van der Waals surface area contributed by atoms with E-state index in [1.54, 1.807) is 37.0 Å². The molecule has 0 atom stereocenters. The summed E-state index contributed by atoms with van der Waals surface area (Å²) in [5.41, 5.74) is 2.17. The molecule has 3 heterocycles. The van der Waals surface area contributed by atoms with Gasteiger partial charge < -0.3 is 25.0 Å². The van der Waals surface area contributed by atoms with Crippen LogP contribution in [0.25, 0.3) is 0 Å². The van der Waals surface area contributed by atoms with Crippen molar-refractivity contribution < 1.29 is 19.1 Å². The van der Waals surface area contributed by atoms with E-state index in [2.05, 4.69) is 49.2 Å². The summed E-state index contributed by atoms with van der Waals surface area (Å²) in [4.78, 5) is 43.5. The van der Waals surface area contributed by atoms with E-state index in [1.165, 1.54) is 11.3 Å². The van der Waals surface area contributed by atoms with Gasteiger partial charge in [0.1, 0.15) is 11.8 Å². The molecule has 214 valence electrons. The molecule has 0 spiro atoms. The Hall–Kier alpha value is -3.61. The number of rotatable bonds is 13. The van der Waals surface area contributed by atoms with E-state index in [4.69, 9.17) is 9.47 Å². The van der Waals surface area contributed by atoms with E-state index in [-0.39, 0.29) is 17.9 Å². The van der Waals surface area contributed by atoms with Gasteiger partial charge in [0, 0.05) is 63.9 Å². The first-order chi connectivity index (χ1) is 19.5. The smallest absolute Gasteiger partial charge is 0.316 e. The van der Waals surface area contributed by atoms with E-state index in [1.807, 2.05) is 12.1 Å². The van der Waals surface area contributed by atoms with E-state index in [9.17, 15) is 9.59 Å². The third-order valence-corrected chi connectivity index (χ3v) is 7.62. The second kappa shape index (κ2) is 14.7. The average molecular weight is 568 g/mol. The van der Waals surface area contributed by atoms with Crippen molar-refractivity contribution in [2.24, 2.45) is 0 Å². The van der Waals surface area contributed by atoms with Gasteiger partial charge in [-0.1, -0.05) is 19.9 Å². The minimum absolute atomic E-state index is 0.0412. The van der Waals surface area contributed by atoms with Crippen molar-refractivity contribution in [2.45, 2.75) is 39.3 Å². The van der Waals surface area contributed by atoms with Gasteiger partial charge in [-0.15, -0.1) is 11.3 Å². The number of piperidine rings is 1. The van der Waals surface area contributed by atoms with Gasteiger partial charge in [0.05, 0.1) is 17.9 Å². The van der Waals surface area contributed by atoms with Crippen LogP contribution in [0.5, 0.6) is 6.01 Å². The molecule has 4 rings (SSSR count). The number of hydrogen-bond acceptors (Lipinski definition) is 10. The summed E-state index contributed by atoms with van der Waals surface area (Å²) in [6.45, 7) is 9.02. The Morgan fingerprint density at radius 2 is 1.88 bits per heavy atom. The van der Waals surface area contributed by atoms with Crippen molar-refractivity contribution in [1.82, 2.24) is 25.2 Å². The predicted molar refractivity (Wildman–Crippen MR) is 155 cm³/mol. The molecule has 1 aliphatic heterocycles. The predicted octanol–water partition coefficient (Wildman–Crippen LogP) is 3.45. The number of nitrogens with one attached hydrogen (secondary N) is 2. The largest absolute Gasteiger partial charge is 0.460 e. The molecule has 2 aromatic heterocycles. The molecule has 1 fully saturated rings. The van der Waals surface area contributed by atoms with Crippen LogP contribution in [0.15, 0.2) is 42.0 Å². The van der Waals surface area contributed by atoms with Crippen LogP contribution in [0, 0.1) is 0 Å². The fraction of sp³-hybridized carbons (Fsp3) is 0.464. The minimum atomic E-state index is -0.357. The second-order valence-corrected chi connectivity index (χ2v) is 10.2. The number of ether oxygens (including phenoxy) is 2. The zero-order valence-electron chi connectivity index (χ0n) is 23.3. The number of carbonyl (C=O) groups is 2. The normalized spacial score (nSPS) is 13.8. The van der Waals surface area contributed by atoms with E-state index in [0.717, 1.165) is 56.3 Å². The van der Waals surface area contributed by atoms with Crippen molar-refractivity contribution in [1.29, 1.82) is 0 Å². The molecule has 12 heteroatoms. The van der Waals surface area contributed by atoms with Crippen molar-refractivity contribution in [3.8, 4) is 6.01 Å².